The molecule has 1 N–H and O–H groups in total. The Morgan fingerprint density at radius 1 is 1.33 bits per heavy atom. The van der Waals surface area contributed by atoms with Crippen molar-refractivity contribution in [2.45, 2.75) is 45.2 Å². The van der Waals surface area contributed by atoms with Crippen LogP contribution in [0.1, 0.15) is 32.6 Å². The molecular weight excluding hydrogens is 346 g/mol. The summed E-state index contributed by atoms with van der Waals surface area (Å²) in [5.41, 5.74) is 2.32. The van der Waals surface area contributed by atoms with E-state index in [4.69, 9.17) is 12.2 Å². The SMILES string of the molecule is CC1CCCCN1CCCn1c(=S)[nH]c2ccc(Br)cc21. The molecule has 2 aromatic rings. The number of halogens is 1. The molecule has 1 aromatic carbocycles. The maximum Gasteiger partial charge on any atom is 0.178 e. The van der Waals surface area contributed by atoms with Crippen molar-refractivity contribution in [3.63, 3.8) is 0 Å². The van der Waals surface area contributed by atoms with Crippen LogP contribution in [0.5, 0.6) is 0 Å². The van der Waals surface area contributed by atoms with Gasteiger partial charge in [0.25, 0.3) is 0 Å². The van der Waals surface area contributed by atoms with E-state index in [1.54, 1.807) is 0 Å². The van der Waals surface area contributed by atoms with Gasteiger partial charge in [-0.05, 0) is 63.1 Å². The quantitative estimate of drug-likeness (QED) is 0.789. The van der Waals surface area contributed by atoms with Crippen LogP contribution in [-0.4, -0.2) is 33.6 Å². The Labute approximate surface area is 139 Å². The van der Waals surface area contributed by atoms with Gasteiger partial charge in [0.2, 0.25) is 0 Å². The summed E-state index contributed by atoms with van der Waals surface area (Å²) in [6.07, 6.45) is 5.24. The van der Waals surface area contributed by atoms with Gasteiger partial charge in [0.05, 0.1) is 11.0 Å². The standard InChI is InChI=1S/C16H22BrN3S/c1-12-5-2-3-8-19(12)9-4-10-20-15-11-13(17)6-7-14(15)18-16(20)21/h6-7,11-12H,2-5,8-10H2,1H3,(H,18,21). The van der Waals surface area contributed by atoms with Crippen LogP contribution in [-0.2, 0) is 6.54 Å². The molecule has 1 saturated heterocycles. The summed E-state index contributed by atoms with van der Waals surface area (Å²) in [6.45, 7) is 5.77. The molecule has 1 aliphatic rings. The van der Waals surface area contributed by atoms with Crippen LogP contribution >= 0.6 is 28.1 Å². The highest BCUT2D eigenvalue weighted by molar-refractivity contribution is 9.10. The molecule has 3 nitrogen and oxygen atoms in total. The minimum absolute atomic E-state index is 0.740. The average Bonchev–Trinajstić information content (AvgIpc) is 2.77. The van der Waals surface area contributed by atoms with Gasteiger partial charge < -0.3 is 14.5 Å². The largest absolute Gasteiger partial charge is 0.331 e. The van der Waals surface area contributed by atoms with Gasteiger partial charge in [-0.3, -0.25) is 0 Å². The van der Waals surface area contributed by atoms with E-state index in [9.17, 15) is 0 Å². The van der Waals surface area contributed by atoms with Crippen LogP contribution in [0.3, 0.4) is 0 Å². The molecule has 1 aliphatic heterocycles. The highest BCUT2D eigenvalue weighted by Crippen LogP contribution is 2.21. The molecule has 1 unspecified atom stereocenters. The minimum atomic E-state index is 0.740. The predicted octanol–water partition coefficient (Wildman–Crippen LogP) is 4.73. The number of piperidine rings is 1. The van der Waals surface area contributed by atoms with Crippen molar-refractivity contribution in [1.29, 1.82) is 0 Å². The number of likely N-dealkylation sites (tertiary alicyclic amines) is 1. The molecule has 0 spiro atoms. The monoisotopic (exact) mass is 367 g/mol. The Balaban J connectivity index is 1.69. The van der Waals surface area contributed by atoms with Crippen molar-refractivity contribution in [1.82, 2.24) is 14.5 Å². The van der Waals surface area contributed by atoms with E-state index in [0.717, 1.165) is 33.8 Å². The number of aryl methyl sites for hydroxylation is 1. The Hall–Kier alpha value is -0.650. The summed E-state index contributed by atoms with van der Waals surface area (Å²) in [5, 5.41) is 0. The molecule has 0 radical (unpaired) electrons. The molecule has 1 atom stereocenters. The van der Waals surface area contributed by atoms with Crippen LogP contribution in [0.2, 0.25) is 0 Å². The summed E-state index contributed by atoms with van der Waals surface area (Å²) in [5.74, 6) is 0. The Kier molecular flexibility index (Phi) is 4.82. The van der Waals surface area contributed by atoms with Crippen LogP contribution in [0.15, 0.2) is 22.7 Å². The highest BCUT2D eigenvalue weighted by Gasteiger charge is 2.17. The first-order valence-corrected chi connectivity index (χ1v) is 8.97. The van der Waals surface area contributed by atoms with Gasteiger partial charge in [-0.2, -0.15) is 0 Å². The van der Waals surface area contributed by atoms with Crippen molar-refractivity contribution in [3.8, 4) is 0 Å². The summed E-state index contributed by atoms with van der Waals surface area (Å²) in [4.78, 5) is 5.92. The fourth-order valence-electron chi connectivity index (χ4n) is 3.27. The molecule has 5 heteroatoms. The summed E-state index contributed by atoms with van der Waals surface area (Å²) >= 11 is 9.01. The number of nitrogens with one attached hydrogen (secondary N) is 1. The zero-order chi connectivity index (χ0) is 14.8. The third kappa shape index (κ3) is 3.41. The molecule has 21 heavy (non-hydrogen) atoms. The smallest absolute Gasteiger partial charge is 0.178 e. The second-order valence-corrected chi connectivity index (χ2v) is 7.28. The van der Waals surface area contributed by atoms with Gasteiger partial charge in [-0.1, -0.05) is 22.4 Å². The van der Waals surface area contributed by atoms with Gasteiger partial charge in [-0.25, -0.2) is 0 Å². The number of aromatic nitrogens is 2. The third-order valence-corrected chi connectivity index (χ3v) is 5.32. The van der Waals surface area contributed by atoms with Crippen LogP contribution in [0, 0.1) is 4.77 Å². The molecule has 114 valence electrons. The number of fused-ring (bicyclic) bond motifs is 1. The number of H-pyrrole nitrogens is 1. The van der Waals surface area contributed by atoms with Crippen molar-refractivity contribution >= 4 is 39.2 Å². The minimum Gasteiger partial charge on any atom is -0.331 e. The van der Waals surface area contributed by atoms with Crippen molar-refractivity contribution < 1.29 is 0 Å². The van der Waals surface area contributed by atoms with Gasteiger partial charge in [0.15, 0.2) is 4.77 Å². The van der Waals surface area contributed by atoms with E-state index in [-0.39, 0.29) is 0 Å². The summed E-state index contributed by atoms with van der Waals surface area (Å²) in [6, 6.07) is 7.01. The number of nitrogens with zero attached hydrogens (tertiary/aromatic N) is 2. The van der Waals surface area contributed by atoms with Crippen LogP contribution in [0.4, 0.5) is 0 Å². The van der Waals surface area contributed by atoms with Gasteiger partial charge in [0.1, 0.15) is 0 Å². The summed E-state index contributed by atoms with van der Waals surface area (Å²) < 4.78 is 4.15. The lowest BCUT2D eigenvalue weighted by Crippen LogP contribution is -2.38. The average molecular weight is 368 g/mol. The molecule has 0 amide bonds. The second-order valence-electron chi connectivity index (χ2n) is 5.98. The Morgan fingerprint density at radius 3 is 3.00 bits per heavy atom. The lowest BCUT2D eigenvalue weighted by atomic mass is 10.0. The molecule has 0 aliphatic carbocycles. The van der Waals surface area contributed by atoms with E-state index >= 15 is 0 Å². The first kappa shape index (κ1) is 15.3. The maximum absolute atomic E-state index is 5.47. The number of aromatic amines is 1. The van der Waals surface area contributed by atoms with Gasteiger partial charge >= 0.3 is 0 Å². The van der Waals surface area contributed by atoms with Gasteiger partial charge in [-0.15, -0.1) is 0 Å². The zero-order valence-electron chi connectivity index (χ0n) is 12.4. The molecule has 0 saturated carbocycles. The maximum atomic E-state index is 5.47. The van der Waals surface area contributed by atoms with E-state index < -0.39 is 0 Å². The Bertz CT molecular complexity index is 676. The van der Waals surface area contributed by atoms with E-state index in [0.29, 0.717) is 0 Å². The highest BCUT2D eigenvalue weighted by atomic mass is 79.9. The van der Waals surface area contributed by atoms with Crippen molar-refractivity contribution in [3.05, 3.63) is 27.4 Å². The van der Waals surface area contributed by atoms with Crippen LogP contribution < -0.4 is 0 Å². The van der Waals surface area contributed by atoms with Crippen molar-refractivity contribution in [2.75, 3.05) is 13.1 Å². The van der Waals surface area contributed by atoms with E-state index in [2.05, 4.69) is 49.4 Å². The topological polar surface area (TPSA) is 24.0 Å². The first-order valence-electron chi connectivity index (χ1n) is 7.77. The molecule has 1 fully saturated rings. The summed E-state index contributed by atoms with van der Waals surface area (Å²) in [7, 11) is 0. The van der Waals surface area contributed by atoms with Crippen LogP contribution in [0.25, 0.3) is 11.0 Å². The fourth-order valence-corrected chi connectivity index (χ4v) is 3.92. The molecule has 0 bridgehead atoms. The number of hydrogen-bond donors (Lipinski definition) is 1. The normalized spacial score (nSPS) is 20.2. The first-order chi connectivity index (χ1) is 10.1. The zero-order valence-corrected chi connectivity index (χ0v) is 14.8. The molecule has 2 heterocycles. The lowest BCUT2D eigenvalue weighted by molar-refractivity contribution is 0.157. The third-order valence-electron chi connectivity index (χ3n) is 4.50. The second kappa shape index (κ2) is 6.63. The number of hydrogen-bond acceptors (Lipinski definition) is 2. The lowest BCUT2D eigenvalue weighted by Gasteiger charge is -2.33. The number of imidazole rings is 1. The molecule has 1 aromatic heterocycles. The molecule has 3 rings (SSSR count). The van der Waals surface area contributed by atoms with Gasteiger partial charge in [0, 0.05) is 23.6 Å². The molecular formula is C16H22BrN3S. The fraction of sp³-hybridized carbons (Fsp3) is 0.562. The number of rotatable bonds is 4. The van der Waals surface area contributed by atoms with Crippen molar-refractivity contribution in [2.24, 2.45) is 0 Å². The van der Waals surface area contributed by atoms with E-state index in [1.165, 1.54) is 37.9 Å². The van der Waals surface area contributed by atoms with E-state index in [1.807, 2.05) is 6.07 Å². The predicted molar refractivity (Wildman–Crippen MR) is 94.3 cm³/mol. The number of benzene rings is 1. The Morgan fingerprint density at radius 2 is 2.19 bits per heavy atom.